The van der Waals surface area contributed by atoms with Crippen LogP contribution in [0.1, 0.15) is 28.9 Å². The zero-order valence-electron chi connectivity index (χ0n) is 11.5. The van der Waals surface area contributed by atoms with Gasteiger partial charge in [-0.15, -0.1) is 0 Å². The number of aromatic nitrogens is 2. The molecule has 3 rings (SSSR count). The number of thioether (sulfide) groups is 1. The number of ether oxygens (including phenoxy) is 1. The van der Waals surface area contributed by atoms with E-state index >= 15 is 0 Å². The fourth-order valence-corrected chi connectivity index (χ4v) is 3.83. The SMILES string of the molecule is COC(=O)c1ccc2nc(CC3CCSCC3)cn2c1. The lowest BCUT2D eigenvalue weighted by molar-refractivity contribution is 0.0600. The summed E-state index contributed by atoms with van der Waals surface area (Å²) in [6.45, 7) is 0. The summed E-state index contributed by atoms with van der Waals surface area (Å²) in [5.74, 6) is 2.97. The van der Waals surface area contributed by atoms with E-state index < -0.39 is 0 Å². The second-order valence-corrected chi connectivity index (χ2v) is 6.39. The normalized spacial score (nSPS) is 16.4. The number of fused-ring (bicyclic) bond motifs is 1. The summed E-state index contributed by atoms with van der Waals surface area (Å²) in [5, 5.41) is 0. The Morgan fingerprint density at radius 1 is 1.40 bits per heavy atom. The first kappa shape index (κ1) is 13.5. The molecule has 106 valence electrons. The Balaban J connectivity index is 1.81. The van der Waals surface area contributed by atoms with Gasteiger partial charge in [0.2, 0.25) is 0 Å². The van der Waals surface area contributed by atoms with Crippen molar-refractivity contribution in [3.63, 3.8) is 0 Å². The number of esters is 1. The van der Waals surface area contributed by atoms with Gasteiger partial charge < -0.3 is 9.14 Å². The van der Waals surface area contributed by atoms with Gasteiger partial charge in [-0.25, -0.2) is 9.78 Å². The van der Waals surface area contributed by atoms with Crippen LogP contribution in [0.15, 0.2) is 24.5 Å². The molecular weight excluding hydrogens is 272 g/mol. The average Bonchev–Trinajstić information content (AvgIpc) is 2.88. The fourth-order valence-electron chi connectivity index (χ4n) is 2.63. The maximum absolute atomic E-state index is 11.5. The highest BCUT2D eigenvalue weighted by molar-refractivity contribution is 7.99. The van der Waals surface area contributed by atoms with Crippen molar-refractivity contribution in [2.45, 2.75) is 19.3 Å². The molecule has 1 fully saturated rings. The standard InChI is InChI=1S/C15H18N2O2S/c1-19-15(18)12-2-3-14-16-13(10-17(14)9-12)8-11-4-6-20-7-5-11/h2-3,9-11H,4-8H2,1H3. The van der Waals surface area contributed by atoms with Crippen molar-refractivity contribution in [2.75, 3.05) is 18.6 Å². The van der Waals surface area contributed by atoms with Crippen molar-refractivity contribution in [2.24, 2.45) is 5.92 Å². The molecule has 0 amide bonds. The average molecular weight is 290 g/mol. The van der Waals surface area contributed by atoms with Crippen LogP contribution >= 0.6 is 11.8 Å². The largest absolute Gasteiger partial charge is 0.465 e. The number of carbonyl (C=O) groups excluding carboxylic acids is 1. The minimum absolute atomic E-state index is 0.313. The third-order valence-electron chi connectivity index (χ3n) is 3.76. The van der Waals surface area contributed by atoms with Crippen LogP contribution in [-0.4, -0.2) is 34.0 Å². The molecule has 0 unspecified atom stereocenters. The Hall–Kier alpha value is -1.49. The highest BCUT2D eigenvalue weighted by Crippen LogP contribution is 2.25. The predicted octanol–water partition coefficient (Wildman–Crippen LogP) is 2.81. The highest BCUT2D eigenvalue weighted by Gasteiger charge is 2.16. The third-order valence-corrected chi connectivity index (χ3v) is 4.81. The lowest BCUT2D eigenvalue weighted by Crippen LogP contribution is -2.12. The Bertz CT molecular complexity index is 617. The maximum Gasteiger partial charge on any atom is 0.339 e. The number of carbonyl (C=O) groups is 1. The lowest BCUT2D eigenvalue weighted by Gasteiger charge is -2.19. The molecule has 4 nitrogen and oxygen atoms in total. The monoisotopic (exact) mass is 290 g/mol. The molecule has 0 bridgehead atoms. The van der Waals surface area contributed by atoms with Gasteiger partial charge in [-0.3, -0.25) is 0 Å². The van der Waals surface area contributed by atoms with Gasteiger partial charge in [-0.05, 0) is 48.8 Å². The number of imidazole rings is 1. The van der Waals surface area contributed by atoms with Crippen LogP contribution in [0.4, 0.5) is 0 Å². The van der Waals surface area contributed by atoms with E-state index in [1.807, 2.05) is 28.4 Å². The summed E-state index contributed by atoms with van der Waals surface area (Å²) >= 11 is 2.04. The first-order valence-electron chi connectivity index (χ1n) is 6.90. The Kier molecular flexibility index (Phi) is 3.96. The number of hydrogen-bond acceptors (Lipinski definition) is 4. The number of rotatable bonds is 3. The molecule has 1 aliphatic heterocycles. The smallest absolute Gasteiger partial charge is 0.339 e. The quantitative estimate of drug-likeness (QED) is 0.815. The fraction of sp³-hybridized carbons (Fsp3) is 0.467. The summed E-state index contributed by atoms with van der Waals surface area (Å²) < 4.78 is 6.65. The van der Waals surface area contributed by atoms with Crippen molar-refractivity contribution in [1.29, 1.82) is 0 Å². The van der Waals surface area contributed by atoms with Gasteiger partial charge in [0.1, 0.15) is 5.65 Å². The molecule has 20 heavy (non-hydrogen) atoms. The van der Waals surface area contributed by atoms with E-state index in [9.17, 15) is 4.79 Å². The molecular formula is C15H18N2O2S. The van der Waals surface area contributed by atoms with E-state index in [0.29, 0.717) is 5.56 Å². The number of nitrogens with zero attached hydrogens (tertiary/aromatic N) is 2. The summed E-state index contributed by atoms with van der Waals surface area (Å²) in [5.41, 5.74) is 2.56. The first-order valence-corrected chi connectivity index (χ1v) is 8.05. The minimum atomic E-state index is -0.313. The molecule has 1 saturated heterocycles. The van der Waals surface area contributed by atoms with Crippen molar-refractivity contribution in [3.05, 3.63) is 35.8 Å². The molecule has 3 heterocycles. The van der Waals surface area contributed by atoms with Crippen molar-refractivity contribution >= 4 is 23.4 Å². The minimum Gasteiger partial charge on any atom is -0.465 e. The topological polar surface area (TPSA) is 43.6 Å². The molecule has 0 saturated carbocycles. The summed E-state index contributed by atoms with van der Waals surface area (Å²) in [4.78, 5) is 16.2. The number of pyridine rings is 1. The van der Waals surface area contributed by atoms with Crippen molar-refractivity contribution in [1.82, 2.24) is 9.38 Å². The Morgan fingerprint density at radius 3 is 2.95 bits per heavy atom. The zero-order chi connectivity index (χ0) is 13.9. The van der Waals surface area contributed by atoms with Crippen LogP contribution in [-0.2, 0) is 11.2 Å². The lowest BCUT2D eigenvalue weighted by atomic mass is 9.97. The van der Waals surface area contributed by atoms with Gasteiger partial charge in [0.05, 0.1) is 18.4 Å². The predicted molar refractivity (Wildman–Crippen MR) is 80.3 cm³/mol. The Morgan fingerprint density at radius 2 is 2.20 bits per heavy atom. The van der Waals surface area contributed by atoms with Crippen LogP contribution in [0.5, 0.6) is 0 Å². The van der Waals surface area contributed by atoms with Crippen LogP contribution in [0.25, 0.3) is 5.65 Å². The highest BCUT2D eigenvalue weighted by atomic mass is 32.2. The van der Waals surface area contributed by atoms with Crippen LogP contribution in [0, 0.1) is 5.92 Å². The molecule has 0 spiro atoms. The van der Waals surface area contributed by atoms with E-state index in [-0.39, 0.29) is 5.97 Å². The van der Waals surface area contributed by atoms with Gasteiger partial charge in [0, 0.05) is 12.4 Å². The molecule has 0 atom stereocenters. The molecule has 0 radical (unpaired) electrons. The van der Waals surface area contributed by atoms with E-state index in [1.54, 1.807) is 12.3 Å². The van der Waals surface area contributed by atoms with Crippen LogP contribution in [0.3, 0.4) is 0 Å². The van der Waals surface area contributed by atoms with E-state index in [0.717, 1.165) is 23.7 Å². The second-order valence-electron chi connectivity index (χ2n) is 5.17. The van der Waals surface area contributed by atoms with Gasteiger partial charge >= 0.3 is 5.97 Å². The second kappa shape index (κ2) is 5.87. The zero-order valence-corrected chi connectivity index (χ0v) is 12.4. The van der Waals surface area contributed by atoms with Gasteiger partial charge in [-0.2, -0.15) is 11.8 Å². The summed E-state index contributed by atoms with van der Waals surface area (Å²) in [6, 6.07) is 3.63. The van der Waals surface area contributed by atoms with Gasteiger partial charge in [0.15, 0.2) is 0 Å². The van der Waals surface area contributed by atoms with E-state index in [1.165, 1.54) is 31.5 Å². The Labute approximate surface area is 122 Å². The van der Waals surface area contributed by atoms with Crippen LogP contribution in [0.2, 0.25) is 0 Å². The molecule has 5 heteroatoms. The van der Waals surface area contributed by atoms with Crippen molar-refractivity contribution < 1.29 is 9.53 Å². The first-order chi connectivity index (χ1) is 9.76. The van der Waals surface area contributed by atoms with Gasteiger partial charge in [0.25, 0.3) is 0 Å². The van der Waals surface area contributed by atoms with Crippen molar-refractivity contribution in [3.8, 4) is 0 Å². The van der Waals surface area contributed by atoms with Gasteiger partial charge in [-0.1, -0.05) is 0 Å². The molecule has 0 aliphatic carbocycles. The van der Waals surface area contributed by atoms with E-state index in [4.69, 9.17) is 4.74 Å². The molecule has 0 aromatic carbocycles. The van der Waals surface area contributed by atoms with Crippen LogP contribution < -0.4 is 0 Å². The van der Waals surface area contributed by atoms with E-state index in [2.05, 4.69) is 4.98 Å². The number of methoxy groups -OCH3 is 1. The molecule has 2 aromatic heterocycles. The molecule has 2 aromatic rings. The third kappa shape index (κ3) is 2.82. The summed E-state index contributed by atoms with van der Waals surface area (Å²) in [6.07, 6.45) is 7.42. The maximum atomic E-state index is 11.5. The number of hydrogen-bond donors (Lipinski definition) is 0. The summed E-state index contributed by atoms with van der Waals surface area (Å²) in [7, 11) is 1.40. The molecule has 1 aliphatic rings. The molecule has 0 N–H and O–H groups in total.